The van der Waals surface area contributed by atoms with Crippen molar-refractivity contribution >= 4 is 0 Å². The van der Waals surface area contributed by atoms with Gasteiger partial charge in [0.1, 0.15) is 5.75 Å². The Morgan fingerprint density at radius 3 is 2.38 bits per heavy atom. The van der Waals surface area contributed by atoms with E-state index in [1.165, 1.54) is 0 Å². The molecule has 2 fully saturated rings. The summed E-state index contributed by atoms with van der Waals surface area (Å²) in [5.41, 5.74) is 0.637. The number of aliphatic hydroxyl groups excluding tert-OH is 1. The van der Waals surface area contributed by atoms with Crippen LogP contribution in [-0.2, 0) is 4.74 Å². The minimum Gasteiger partial charge on any atom is -0.490 e. The summed E-state index contributed by atoms with van der Waals surface area (Å²) < 4.78 is 11.2. The molecule has 1 unspecified atom stereocenters. The Labute approximate surface area is 126 Å². The van der Waals surface area contributed by atoms with E-state index in [-0.39, 0.29) is 5.54 Å². The van der Waals surface area contributed by atoms with Crippen molar-refractivity contribution in [3.63, 3.8) is 0 Å². The van der Waals surface area contributed by atoms with E-state index >= 15 is 0 Å². The Kier molecular flexibility index (Phi) is 4.20. The number of nitrogens with zero attached hydrogens (tertiary/aromatic N) is 1. The Balaban J connectivity index is 1.68. The van der Waals surface area contributed by atoms with Gasteiger partial charge in [-0.05, 0) is 44.4 Å². The molecule has 0 aromatic heterocycles. The molecule has 0 bridgehead atoms. The first-order chi connectivity index (χ1) is 10.1. The van der Waals surface area contributed by atoms with Crippen LogP contribution < -0.4 is 4.74 Å². The predicted octanol–water partition coefficient (Wildman–Crippen LogP) is 2.37. The molecule has 1 heterocycles. The summed E-state index contributed by atoms with van der Waals surface area (Å²) in [7, 11) is 0. The molecule has 1 N–H and O–H groups in total. The number of benzene rings is 1. The van der Waals surface area contributed by atoms with Crippen LogP contribution in [0.2, 0.25) is 0 Å². The molecule has 1 aliphatic carbocycles. The van der Waals surface area contributed by atoms with E-state index in [4.69, 9.17) is 9.47 Å². The maximum Gasteiger partial charge on any atom is 0.119 e. The zero-order valence-electron chi connectivity index (χ0n) is 12.9. The maximum absolute atomic E-state index is 10.8. The second-order valence-electron chi connectivity index (χ2n) is 6.54. The smallest absolute Gasteiger partial charge is 0.119 e. The van der Waals surface area contributed by atoms with Gasteiger partial charge in [-0.3, -0.25) is 4.90 Å². The number of ether oxygens (including phenoxy) is 2. The van der Waals surface area contributed by atoms with E-state index in [0.717, 1.165) is 50.5 Å². The van der Waals surface area contributed by atoms with Gasteiger partial charge < -0.3 is 14.6 Å². The molecule has 21 heavy (non-hydrogen) atoms. The third-order valence-electron chi connectivity index (χ3n) is 4.52. The zero-order chi connectivity index (χ0) is 14.9. The molecule has 0 spiro atoms. The summed E-state index contributed by atoms with van der Waals surface area (Å²) in [6, 6.07) is 7.88. The molecule has 1 saturated heterocycles. The monoisotopic (exact) mass is 291 g/mol. The first-order valence-electron chi connectivity index (χ1n) is 7.85. The molecule has 1 aliphatic heterocycles. The maximum atomic E-state index is 10.8. The van der Waals surface area contributed by atoms with E-state index in [2.05, 4.69) is 18.7 Å². The summed E-state index contributed by atoms with van der Waals surface area (Å²) in [4.78, 5) is 2.30. The van der Waals surface area contributed by atoms with E-state index in [9.17, 15) is 5.11 Å². The molecule has 2 aliphatic rings. The van der Waals surface area contributed by atoms with E-state index in [0.29, 0.717) is 6.10 Å². The van der Waals surface area contributed by atoms with Gasteiger partial charge in [-0.2, -0.15) is 0 Å². The van der Waals surface area contributed by atoms with E-state index in [1.807, 2.05) is 24.3 Å². The molecule has 3 rings (SSSR count). The van der Waals surface area contributed by atoms with Crippen LogP contribution in [-0.4, -0.2) is 48.0 Å². The van der Waals surface area contributed by atoms with E-state index < -0.39 is 6.10 Å². The van der Waals surface area contributed by atoms with Gasteiger partial charge in [0.25, 0.3) is 0 Å². The summed E-state index contributed by atoms with van der Waals surface area (Å²) in [5.74, 6) is 0.901. The lowest BCUT2D eigenvalue weighted by molar-refractivity contribution is -0.0630. The van der Waals surface area contributed by atoms with Gasteiger partial charge >= 0.3 is 0 Å². The normalized spacial score (nSPS) is 22.0. The first-order valence-corrected chi connectivity index (χ1v) is 7.85. The Bertz CT molecular complexity index is 461. The Morgan fingerprint density at radius 2 is 1.81 bits per heavy atom. The fraction of sp³-hybridized carbons (Fsp3) is 0.647. The molecular formula is C17H25NO3. The topological polar surface area (TPSA) is 41.9 Å². The highest BCUT2D eigenvalue weighted by atomic mass is 16.5. The van der Waals surface area contributed by atoms with Crippen LogP contribution in [0.15, 0.2) is 24.3 Å². The number of hydrogen-bond acceptors (Lipinski definition) is 4. The van der Waals surface area contributed by atoms with Crippen LogP contribution in [0.4, 0.5) is 0 Å². The molecule has 116 valence electrons. The average molecular weight is 291 g/mol. The van der Waals surface area contributed by atoms with Crippen molar-refractivity contribution < 1.29 is 14.6 Å². The van der Waals surface area contributed by atoms with Gasteiger partial charge in [-0.25, -0.2) is 0 Å². The van der Waals surface area contributed by atoms with Gasteiger partial charge in [0.2, 0.25) is 0 Å². The summed E-state index contributed by atoms with van der Waals surface area (Å²) in [6.45, 7) is 7.41. The lowest BCUT2D eigenvalue weighted by Crippen LogP contribution is -2.53. The van der Waals surface area contributed by atoms with Gasteiger partial charge in [-0.1, -0.05) is 12.1 Å². The van der Waals surface area contributed by atoms with Crippen molar-refractivity contribution in [2.24, 2.45) is 0 Å². The summed E-state index contributed by atoms with van der Waals surface area (Å²) >= 11 is 0. The lowest BCUT2D eigenvalue weighted by Gasteiger charge is -2.43. The molecule has 0 radical (unpaired) electrons. The summed E-state index contributed by atoms with van der Waals surface area (Å²) in [5, 5.41) is 10.8. The highest BCUT2D eigenvalue weighted by Gasteiger charge is 2.36. The van der Waals surface area contributed by atoms with Gasteiger partial charge in [0, 0.05) is 18.6 Å². The molecule has 4 nitrogen and oxygen atoms in total. The van der Waals surface area contributed by atoms with Crippen molar-refractivity contribution in [3.05, 3.63) is 29.8 Å². The van der Waals surface area contributed by atoms with Gasteiger partial charge in [0.05, 0.1) is 25.4 Å². The fourth-order valence-electron chi connectivity index (χ4n) is 2.83. The third-order valence-corrected chi connectivity index (χ3v) is 4.52. The Hall–Kier alpha value is -1.10. The van der Waals surface area contributed by atoms with Crippen LogP contribution in [0.5, 0.6) is 5.75 Å². The molecule has 0 amide bonds. The van der Waals surface area contributed by atoms with Crippen molar-refractivity contribution in [2.75, 3.05) is 26.3 Å². The molecule has 1 aromatic carbocycles. The number of hydrogen-bond donors (Lipinski definition) is 1. The molecule has 1 aromatic rings. The van der Waals surface area contributed by atoms with Crippen LogP contribution in [0.25, 0.3) is 0 Å². The minimum atomic E-state index is -0.523. The standard InChI is InChI=1S/C17H25NO3/c1-17(2,18-9-11-20-12-10-18)16(19)13-3-5-14(6-4-13)21-15-7-8-15/h3-6,15-16,19H,7-12H2,1-2H3. The van der Waals surface area contributed by atoms with Crippen LogP contribution in [0, 0.1) is 0 Å². The first kappa shape index (κ1) is 14.8. The largest absolute Gasteiger partial charge is 0.490 e. The van der Waals surface area contributed by atoms with Crippen LogP contribution in [0.3, 0.4) is 0 Å². The van der Waals surface area contributed by atoms with Crippen molar-refractivity contribution in [1.29, 1.82) is 0 Å². The Morgan fingerprint density at radius 1 is 1.19 bits per heavy atom. The number of aliphatic hydroxyl groups is 1. The SMILES string of the molecule is CC(C)(C(O)c1ccc(OC2CC2)cc1)N1CCOCC1. The average Bonchev–Trinajstić information content (AvgIpc) is 3.32. The fourth-order valence-corrected chi connectivity index (χ4v) is 2.83. The van der Waals surface area contributed by atoms with Gasteiger partial charge in [0.15, 0.2) is 0 Å². The molecular weight excluding hydrogens is 266 g/mol. The van der Waals surface area contributed by atoms with Crippen LogP contribution >= 0.6 is 0 Å². The second kappa shape index (κ2) is 5.95. The number of morpholine rings is 1. The molecule has 1 atom stereocenters. The van der Waals surface area contributed by atoms with Crippen LogP contribution in [0.1, 0.15) is 38.4 Å². The highest BCUT2D eigenvalue weighted by Crippen LogP contribution is 2.33. The third kappa shape index (κ3) is 3.39. The summed E-state index contributed by atoms with van der Waals surface area (Å²) in [6.07, 6.45) is 2.21. The van der Waals surface area contributed by atoms with Crippen molar-refractivity contribution in [3.8, 4) is 5.75 Å². The lowest BCUT2D eigenvalue weighted by atomic mass is 9.89. The highest BCUT2D eigenvalue weighted by molar-refractivity contribution is 5.30. The van der Waals surface area contributed by atoms with Gasteiger partial charge in [-0.15, -0.1) is 0 Å². The quantitative estimate of drug-likeness (QED) is 0.904. The van der Waals surface area contributed by atoms with Crippen molar-refractivity contribution in [2.45, 2.75) is 44.4 Å². The zero-order valence-corrected chi connectivity index (χ0v) is 12.9. The molecule has 4 heteroatoms. The minimum absolute atomic E-state index is 0.303. The molecule has 1 saturated carbocycles. The number of rotatable bonds is 5. The van der Waals surface area contributed by atoms with Crippen molar-refractivity contribution in [1.82, 2.24) is 4.90 Å². The van der Waals surface area contributed by atoms with E-state index in [1.54, 1.807) is 0 Å². The predicted molar refractivity (Wildman–Crippen MR) is 81.5 cm³/mol. The second-order valence-corrected chi connectivity index (χ2v) is 6.54.